The monoisotopic (exact) mass is 407 g/mol. The molecule has 1 aliphatic heterocycles. The van der Waals surface area contributed by atoms with Gasteiger partial charge in [0.2, 0.25) is 11.8 Å². The number of fused-ring (bicyclic) bond motifs is 2. The lowest BCUT2D eigenvalue weighted by Gasteiger charge is -2.19. The van der Waals surface area contributed by atoms with E-state index in [4.69, 9.17) is 4.74 Å². The van der Waals surface area contributed by atoms with Crippen LogP contribution in [0.2, 0.25) is 0 Å². The third-order valence-corrected chi connectivity index (χ3v) is 5.46. The van der Waals surface area contributed by atoms with Crippen LogP contribution in [-0.4, -0.2) is 48.1 Å². The highest BCUT2D eigenvalue weighted by atomic mass is 16.5. The van der Waals surface area contributed by atoms with Gasteiger partial charge in [0.15, 0.2) is 0 Å². The molecule has 1 amide bonds. The molecule has 10 heteroatoms. The van der Waals surface area contributed by atoms with Gasteiger partial charge in [-0.05, 0) is 19.1 Å². The Hall–Kier alpha value is -3.69. The van der Waals surface area contributed by atoms with Crippen LogP contribution >= 0.6 is 0 Å². The smallest absolute Gasteiger partial charge is 0.259 e. The average Bonchev–Trinajstić information content (AvgIpc) is 3.38. The summed E-state index contributed by atoms with van der Waals surface area (Å²) in [5, 5.41) is 12.9. The van der Waals surface area contributed by atoms with Crippen molar-refractivity contribution >= 4 is 27.7 Å². The third-order valence-electron chi connectivity index (χ3n) is 5.46. The number of hydrogen-bond acceptors (Lipinski definition) is 6. The highest BCUT2D eigenvalue weighted by molar-refractivity contribution is 5.88. The van der Waals surface area contributed by atoms with Crippen molar-refractivity contribution < 1.29 is 9.53 Å². The number of carbonyl (C=O) groups is 1. The zero-order valence-electron chi connectivity index (χ0n) is 16.8. The Labute approximate surface area is 170 Å². The minimum absolute atomic E-state index is 0.0323. The Kier molecular flexibility index (Phi) is 4.09. The van der Waals surface area contributed by atoms with Crippen LogP contribution in [0.4, 0.5) is 0 Å². The van der Waals surface area contributed by atoms with Crippen LogP contribution in [0.5, 0.6) is 5.88 Å². The number of pyridine rings is 2. The lowest BCUT2D eigenvalue weighted by atomic mass is 10.0. The first-order valence-electron chi connectivity index (χ1n) is 9.72. The highest BCUT2D eigenvalue weighted by Gasteiger charge is 2.29. The van der Waals surface area contributed by atoms with Crippen molar-refractivity contribution in [1.82, 2.24) is 34.8 Å². The van der Waals surface area contributed by atoms with Crippen molar-refractivity contribution in [2.24, 2.45) is 20.0 Å². The molecule has 0 radical (unpaired) electrons. The van der Waals surface area contributed by atoms with E-state index in [1.54, 1.807) is 28.7 Å². The zero-order chi connectivity index (χ0) is 21.0. The van der Waals surface area contributed by atoms with Gasteiger partial charge in [-0.3, -0.25) is 19.0 Å². The lowest BCUT2D eigenvalue weighted by molar-refractivity contribution is -0.119. The van der Waals surface area contributed by atoms with Gasteiger partial charge in [0.1, 0.15) is 6.10 Å². The predicted molar refractivity (Wildman–Crippen MR) is 110 cm³/mol. The summed E-state index contributed by atoms with van der Waals surface area (Å²) in [6.07, 6.45) is 3.74. The van der Waals surface area contributed by atoms with Gasteiger partial charge in [-0.25, -0.2) is 4.98 Å². The summed E-state index contributed by atoms with van der Waals surface area (Å²) in [5.74, 6) is 0.522. The Morgan fingerprint density at radius 1 is 1.10 bits per heavy atom. The van der Waals surface area contributed by atoms with Crippen LogP contribution < -0.4 is 15.6 Å². The summed E-state index contributed by atoms with van der Waals surface area (Å²) >= 11 is 0. The van der Waals surface area contributed by atoms with Crippen LogP contribution in [0.1, 0.15) is 13.3 Å². The molecule has 0 aliphatic carbocycles. The molecule has 10 nitrogen and oxygen atoms in total. The van der Waals surface area contributed by atoms with E-state index < -0.39 is 0 Å². The van der Waals surface area contributed by atoms with Gasteiger partial charge < -0.3 is 15.0 Å². The molecule has 0 saturated carbocycles. The molecule has 2 atom stereocenters. The zero-order valence-corrected chi connectivity index (χ0v) is 16.8. The fraction of sp³-hybridized carbons (Fsp3) is 0.350. The molecule has 1 saturated heterocycles. The van der Waals surface area contributed by atoms with E-state index in [0.717, 1.165) is 5.39 Å². The molecule has 5 heterocycles. The molecule has 0 bridgehead atoms. The number of ether oxygens (including phenoxy) is 1. The fourth-order valence-electron chi connectivity index (χ4n) is 3.86. The van der Waals surface area contributed by atoms with Crippen molar-refractivity contribution in [3.05, 3.63) is 34.9 Å². The molecule has 4 aromatic heterocycles. The number of hydrogen-bond donors (Lipinski definition) is 2. The number of nitrogens with zero attached hydrogens (tertiary/aromatic N) is 5. The lowest BCUT2D eigenvalue weighted by Crippen LogP contribution is -2.26. The normalized spacial score (nSPS) is 17.6. The van der Waals surface area contributed by atoms with Gasteiger partial charge in [-0.1, -0.05) is 0 Å². The Bertz CT molecular complexity index is 1350. The molecule has 5 rings (SSSR count). The first-order valence-corrected chi connectivity index (χ1v) is 9.72. The second-order valence-corrected chi connectivity index (χ2v) is 7.75. The van der Waals surface area contributed by atoms with E-state index >= 15 is 0 Å². The molecule has 0 spiro atoms. The molecule has 30 heavy (non-hydrogen) atoms. The molecule has 4 aromatic rings. The van der Waals surface area contributed by atoms with Crippen LogP contribution in [0.25, 0.3) is 33.2 Å². The van der Waals surface area contributed by atoms with Gasteiger partial charge in [-0.15, -0.1) is 0 Å². The van der Waals surface area contributed by atoms with E-state index in [1.807, 2.05) is 26.2 Å². The standard InChI is InChI=1S/C20H21N7O3/c1-10(11-4-18(28)21-7-11)30-20-13-9-27(3)25-15(13)6-17(23-20)16-5-14-12(19(29)22-16)8-26(2)24-14/h5-6,8-11H,4,7H2,1-3H3,(H,21,28)(H,22,29)/t10?,11-/m1/s1. The summed E-state index contributed by atoms with van der Waals surface area (Å²) in [6, 6.07) is 3.61. The van der Waals surface area contributed by atoms with Crippen LogP contribution in [-0.2, 0) is 18.9 Å². The number of amides is 1. The number of rotatable bonds is 4. The highest BCUT2D eigenvalue weighted by Crippen LogP contribution is 2.30. The average molecular weight is 407 g/mol. The molecular weight excluding hydrogens is 386 g/mol. The Morgan fingerprint density at radius 2 is 1.80 bits per heavy atom. The molecular formula is C20H21N7O3. The van der Waals surface area contributed by atoms with Crippen molar-refractivity contribution in [3.8, 4) is 17.3 Å². The van der Waals surface area contributed by atoms with Gasteiger partial charge >= 0.3 is 0 Å². The van der Waals surface area contributed by atoms with E-state index in [9.17, 15) is 9.59 Å². The molecule has 2 N–H and O–H groups in total. The fourth-order valence-corrected chi connectivity index (χ4v) is 3.86. The summed E-state index contributed by atoms with van der Waals surface area (Å²) in [7, 11) is 3.60. The van der Waals surface area contributed by atoms with E-state index in [0.29, 0.717) is 46.7 Å². The second-order valence-electron chi connectivity index (χ2n) is 7.75. The van der Waals surface area contributed by atoms with E-state index in [1.165, 1.54) is 0 Å². The minimum atomic E-state index is -0.232. The number of H-pyrrole nitrogens is 1. The number of aromatic nitrogens is 6. The van der Waals surface area contributed by atoms with Gasteiger partial charge in [-0.2, -0.15) is 10.2 Å². The number of aromatic amines is 1. The number of nitrogens with one attached hydrogen (secondary N) is 2. The van der Waals surface area contributed by atoms with Crippen molar-refractivity contribution in [1.29, 1.82) is 0 Å². The van der Waals surface area contributed by atoms with Gasteiger partial charge in [0.05, 0.1) is 33.2 Å². The first-order chi connectivity index (χ1) is 14.4. The second kappa shape index (κ2) is 6.68. The summed E-state index contributed by atoms with van der Waals surface area (Å²) < 4.78 is 9.49. The van der Waals surface area contributed by atoms with Gasteiger partial charge in [0.25, 0.3) is 5.56 Å². The predicted octanol–water partition coefficient (Wildman–Crippen LogP) is 1.11. The van der Waals surface area contributed by atoms with Crippen LogP contribution in [0, 0.1) is 5.92 Å². The Balaban J connectivity index is 1.60. The summed E-state index contributed by atoms with van der Waals surface area (Å²) in [5.41, 5.74) is 2.13. The quantitative estimate of drug-likeness (QED) is 0.523. The molecule has 1 unspecified atom stereocenters. The topological polar surface area (TPSA) is 120 Å². The molecule has 1 aliphatic rings. The summed E-state index contributed by atoms with van der Waals surface area (Å²) in [6.45, 7) is 2.52. The van der Waals surface area contributed by atoms with Crippen molar-refractivity contribution in [3.63, 3.8) is 0 Å². The minimum Gasteiger partial charge on any atom is -0.474 e. The van der Waals surface area contributed by atoms with Crippen LogP contribution in [0.15, 0.2) is 29.3 Å². The van der Waals surface area contributed by atoms with Crippen molar-refractivity contribution in [2.45, 2.75) is 19.4 Å². The largest absolute Gasteiger partial charge is 0.474 e. The Morgan fingerprint density at radius 3 is 2.50 bits per heavy atom. The maximum atomic E-state index is 12.5. The maximum Gasteiger partial charge on any atom is 0.259 e. The summed E-state index contributed by atoms with van der Waals surface area (Å²) in [4.78, 5) is 31.6. The first kappa shape index (κ1) is 18.3. The molecule has 1 fully saturated rings. The van der Waals surface area contributed by atoms with Gasteiger partial charge in [0, 0.05) is 45.4 Å². The van der Waals surface area contributed by atoms with E-state index in [-0.39, 0.29) is 23.5 Å². The molecule has 154 valence electrons. The SMILES string of the molecule is CC(Oc1nc(-c2cc3nn(C)cc3c(=O)[nH]2)cc2nn(C)cc12)[C@H]1CNC(=O)C1. The number of carbonyl (C=O) groups excluding carboxylic acids is 1. The number of aryl methyl sites for hydroxylation is 2. The third kappa shape index (κ3) is 3.10. The molecule has 0 aromatic carbocycles. The van der Waals surface area contributed by atoms with Crippen LogP contribution in [0.3, 0.4) is 0 Å². The van der Waals surface area contributed by atoms with Crippen molar-refractivity contribution in [2.75, 3.05) is 6.54 Å². The van der Waals surface area contributed by atoms with E-state index in [2.05, 4.69) is 25.5 Å². The maximum absolute atomic E-state index is 12.5.